The van der Waals surface area contributed by atoms with E-state index in [1.165, 1.54) is 0 Å². The zero-order chi connectivity index (χ0) is 15.5. The maximum Gasteiger partial charge on any atom is 0.226 e. The minimum Gasteiger partial charge on any atom is -0.361 e. The zero-order valence-electron chi connectivity index (χ0n) is 13.4. The lowest BCUT2D eigenvalue weighted by Gasteiger charge is -2.35. The van der Waals surface area contributed by atoms with Crippen LogP contribution < -0.4 is 9.80 Å². The molecule has 1 aliphatic heterocycles. The van der Waals surface area contributed by atoms with E-state index in [0.717, 1.165) is 55.9 Å². The van der Waals surface area contributed by atoms with Crippen molar-refractivity contribution in [1.29, 1.82) is 0 Å². The third-order valence-electron chi connectivity index (χ3n) is 3.79. The first-order valence-electron chi connectivity index (χ1n) is 7.52. The first kappa shape index (κ1) is 14.8. The molecule has 22 heavy (non-hydrogen) atoms. The van der Waals surface area contributed by atoms with Crippen LogP contribution >= 0.6 is 0 Å². The molecular weight excluding hydrogens is 280 g/mol. The maximum atomic E-state index is 5.12. The largest absolute Gasteiger partial charge is 0.361 e. The van der Waals surface area contributed by atoms with E-state index >= 15 is 0 Å². The lowest BCUT2D eigenvalue weighted by Crippen LogP contribution is -2.46. The average Bonchev–Trinajstić information content (AvgIpc) is 2.93. The van der Waals surface area contributed by atoms with Crippen molar-refractivity contribution in [2.45, 2.75) is 13.5 Å². The highest BCUT2D eigenvalue weighted by molar-refractivity contribution is 5.43. The molecule has 0 unspecified atom stereocenters. The molecule has 3 rings (SSSR count). The van der Waals surface area contributed by atoms with Crippen LogP contribution in [0.1, 0.15) is 11.5 Å². The van der Waals surface area contributed by atoms with Crippen LogP contribution in [0.2, 0.25) is 0 Å². The third-order valence-corrected chi connectivity index (χ3v) is 3.79. The second-order valence-corrected chi connectivity index (χ2v) is 5.80. The molecule has 7 heteroatoms. The Hall–Kier alpha value is -2.15. The average molecular weight is 302 g/mol. The molecule has 2 aromatic heterocycles. The number of aromatic nitrogens is 3. The van der Waals surface area contributed by atoms with Crippen molar-refractivity contribution in [3.8, 4) is 0 Å². The number of aryl methyl sites for hydroxylation is 1. The van der Waals surface area contributed by atoms with Crippen molar-refractivity contribution in [2.75, 3.05) is 50.1 Å². The molecule has 1 saturated heterocycles. The summed E-state index contributed by atoms with van der Waals surface area (Å²) in [6.07, 6.45) is 1.82. The van der Waals surface area contributed by atoms with Crippen molar-refractivity contribution in [3.05, 3.63) is 29.8 Å². The molecule has 118 valence electrons. The highest BCUT2D eigenvalue weighted by Crippen LogP contribution is 2.16. The Bertz CT molecular complexity index is 618. The van der Waals surface area contributed by atoms with Gasteiger partial charge in [-0.05, 0) is 13.0 Å². The van der Waals surface area contributed by atoms with Gasteiger partial charge in [0.25, 0.3) is 0 Å². The zero-order valence-corrected chi connectivity index (χ0v) is 13.4. The summed E-state index contributed by atoms with van der Waals surface area (Å²) in [5.41, 5.74) is 1.00. The minimum absolute atomic E-state index is 0.748. The molecule has 1 fully saturated rings. The van der Waals surface area contributed by atoms with E-state index in [1.54, 1.807) is 0 Å². The lowest BCUT2D eigenvalue weighted by molar-refractivity contribution is 0.241. The van der Waals surface area contributed by atoms with Gasteiger partial charge in [0.05, 0.1) is 5.69 Å². The van der Waals surface area contributed by atoms with E-state index in [1.807, 2.05) is 44.2 Å². The summed E-state index contributed by atoms with van der Waals surface area (Å²) in [6, 6.07) is 3.98. The number of hydrogen-bond acceptors (Lipinski definition) is 7. The molecule has 1 aliphatic rings. The fraction of sp³-hybridized carbons (Fsp3) is 0.533. The SMILES string of the molecule is Cc1cc(CN2CCN(c3ccnc(N(C)C)n3)CC2)no1. The molecule has 0 aromatic carbocycles. The van der Waals surface area contributed by atoms with E-state index in [9.17, 15) is 0 Å². The Kier molecular flexibility index (Phi) is 4.24. The van der Waals surface area contributed by atoms with E-state index in [4.69, 9.17) is 4.52 Å². The van der Waals surface area contributed by atoms with Gasteiger partial charge in [0.15, 0.2) is 0 Å². The summed E-state index contributed by atoms with van der Waals surface area (Å²) < 4.78 is 5.12. The van der Waals surface area contributed by atoms with Crippen LogP contribution in [0.3, 0.4) is 0 Å². The summed E-state index contributed by atoms with van der Waals surface area (Å²) in [6.45, 7) is 6.67. The third kappa shape index (κ3) is 3.36. The van der Waals surface area contributed by atoms with Gasteiger partial charge in [0.2, 0.25) is 5.95 Å². The van der Waals surface area contributed by atoms with Gasteiger partial charge in [-0.1, -0.05) is 5.16 Å². The number of piperazine rings is 1. The Morgan fingerprint density at radius 3 is 2.64 bits per heavy atom. The quantitative estimate of drug-likeness (QED) is 0.840. The minimum atomic E-state index is 0.748. The van der Waals surface area contributed by atoms with E-state index in [-0.39, 0.29) is 0 Å². The van der Waals surface area contributed by atoms with Crippen LogP contribution in [0.25, 0.3) is 0 Å². The van der Waals surface area contributed by atoms with Crippen LogP contribution in [0.4, 0.5) is 11.8 Å². The van der Waals surface area contributed by atoms with Crippen LogP contribution in [-0.4, -0.2) is 60.3 Å². The van der Waals surface area contributed by atoms with Crippen molar-refractivity contribution in [2.24, 2.45) is 0 Å². The molecule has 0 spiro atoms. The molecule has 2 aromatic rings. The van der Waals surface area contributed by atoms with Gasteiger partial charge < -0.3 is 14.3 Å². The number of rotatable bonds is 4. The summed E-state index contributed by atoms with van der Waals surface area (Å²) in [5.74, 6) is 2.61. The highest BCUT2D eigenvalue weighted by atomic mass is 16.5. The predicted molar refractivity (Wildman–Crippen MR) is 85.1 cm³/mol. The number of hydrogen-bond donors (Lipinski definition) is 0. The Morgan fingerprint density at radius 1 is 1.23 bits per heavy atom. The summed E-state index contributed by atoms with van der Waals surface area (Å²) in [5, 5.41) is 4.06. The lowest BCUT2D eigenvalue weighted by atomic mass is 10.3. The Labute approximate surface area is 130 Å². The Balaban J connectivity index is 1.58. The monoisotopic (exact) mass is 302 g/mol. The molecule has 0 saturated carbocycles. The van der Waals surface area contributed by atoms with E-state index < -0.39 is 0 Å². The maximum absolute atomic E-state index is 5.12. The van der Waals surface area contributed by atoms with Crippen LogP contribution in [-0.2, 0) is 6.54 Å². The van der Waals surface area contributed by atoms with Crippen LogP contribution in [0, 0.1) is 6.92 Å². The van der Waals surface area contributed by atoms with E-state index in [0.29, 0.717) is 0 Å². The van der Waals surface area contributed by atoms with Gasteiger partial charge in [0, 0.05) is 59.1 Å². The van der Waals surface area contributed by atoms with Gasteiger partial charge in [-0.2, -0.15) is 4.98 Å². The summed E-state index contributed by atoms with van der Waals surface area (Å²) in [4.78, 5) is 15.5. The molecule has 0 radical (unpaired) electrons. The first-order chi connectivity index (χ1) is 10.6. The van der Waals surface area contributed by atoms with Crippen molar-refractivity contribution in [1.82, 2.24) is 20.0 Å². The molecule has 7 nitrogen and oxygen atoms in total. The molecule has 0 amide bonds. The molecule has 0 atom stereocenters. The second kappa shape index (κ2) is 6.31. The topological polar surface area (TPSA) is 61.5 Å². The van der Waals surface area contributed by atoms with Crippen LogP contribution in [0.5, 0.6) is 0 Å². The fourth-order valence-electron chi connectivity index (χ4n) is 2.59. The highest BCUT2D eigenvalue weighted by Gasteiger charge is 2.19. The predicted octanol–water partition coefficient (Wildman–Crippen LogP) is 1.16. The van der Waals surface area contributed by atoms with Crippen molar-refractivity contribution in [3.63, 3.8) is 0 Å². The normalized spacial score (nSPS) is 16.0. The van der Waals surface area contributed by atoms with Crippen LogP contribution in [0.15, 0.2) is 22.9 Å². The molecule has 0 N–H and O–H groups in total. The molecule has 0 aliphatic carbocycles. The standard InChI is InChI=1S/C15H22N6O/c1-12-10-13(18-22-12)11-20-6-8-21(9-7-20)14-4-5-16-15(17-14)19(2)3/h4-5,10H,6-9,11H2,1-3H3. The van der Waals surface area contributed by atoms with Crippen molar-refractivity contribution < 1.29 is 4.52 Å². The second-order valence-electron chi connectivity index (χ2n) is 5.80. The molecule has 3 heterocycles. The number of anilines is 2. The van der Waals surface area contributed by atoms with Gasteiger partial charge in [0.1, 0.15) is 11.6 Å². The van der Waals surface area contributed by atoms with Gasteiger partial charge in [-0.25, -0.2) is 4.98 Å². The van der Waals surface area contributed by atoms with Gasteiger partial charge >= 0.3 is 0 Å². The Morgan fingerprint density at radius 2 is 2.00 bits per heavy atom. The smallest absolute Gasteiger partial charge is 0.226 e. The van der Waals surface area contributed by atoms with Gasteiger partial charge in [-0.3, -0.25) is 4.90 Å². The summed E-state index contributed by atoms with van der Waals surface area (Å²) in [7, 11) is 3.91. The molecular formula is C15H22N6O. The van der Waals surface area contributed by atoms with E-state index in [2.05, 4.69) is 24.9 Å². The van der Waals surface area contributed by atoms with Gasteiger partial charge in [-0.15, -0.1) is 0 Å². The first-order valence-corrected chi connectivity index (χ1v) is 7.52. The molecule has 0 bridgehead atoms. The number of nitrogens with zero attached hydrogens (tertiary/aromatic N) is 6. The van der Waals surface area contributed by atoms with Crippen molar-refractivity contribution >= 4 is 11.8 Å². The fourth-order valence-corrected chi connectivity index (χ4v) is 2.59. The summed E-state index contributed by atoms with van der Waals surface area (Å²) >= 11 is 0.